The van der Waals surface area contributed by atoms with Gasteiger partial charge >= 0.3 is 0 Å². The summed E-state index contributed by atoms with van der Waals surface area (Å²) in [6, 6.07) is 18.5. The Morgan fingerprint density at radius 2 is 1.72 bits per heavy atom. The van der Waals surface area contributed by atoms with Crippen LogP contribution in [0.5, 0.6) is 0 Å². The molecule has 1 aliphatic rings. The number of para-hydroxylation sites is 2. The number of rotatable bonds is 4. The minimum atomic E-state index is 0.542. The third-order valence-corrected chi connectivity index (χ3v) is 6.07. The Bertz CT molecular complexity index is 1380. The quantitative estimate of drug-likeness (QED) is 0.457. The summed E-state index contributed by atoms with van der Waals surface area (Å²) < 4.78 is 2.01. The zero-order valence-electron chi connectivity index (χ0n) is 17.9. The van der Waals surface area contributed by atoms with Crippen molar-refractivity contribution in [1.82, 2.24) is 29.4 Å². The fraction of sp³-hybridized carbons (Fsp3) is 0.208. The van der Waals surface area contributed by atoms with Gasteiger partial charge in [-0.15, -0.1) is 0 Å². The van der Waals surface area contributed by atoms with E-state index in [1.165, 1.54) is 5.69 Å². The Morgan fingerprint density at radius 1 is 0.906 bits per heavy atom. The third kappa shape index (κ3) is 3.34. The summed E-state index contributed by atoms with van der Waals surface area (Å²) in [5.74, 6) is 1.33. The molecule has 0 aliphatic carbocycles. The lowest BCUT2D eigenvalue weighted by Crippen LogP contribution is -2.44. The van der Waals surface area contributed by atoms with Crippen molar-refractivity contribution in [2.45, 2.75) is 0 Å². The number of fused-ring (bicyclic) bond motifs is 2. The highest BCUT2D eigenvalue weighted by molar-refractivity contribution is 5.87. The molecule has 0 radical (unpaired) electrons. The summed E-state index contributed by atoms with van der Waals surface area (Å²) in [5.41, 5.74) is 4.93. The predicted molar refractivity (Wildman–Crippen MR) is 128 cm³/mol. The van der Waals surface area contributed by atoms with Gasteiger partial charge in [-0.3, -0.25) is 4.57 Å². The van der Waals surface area contributed by atoms with Crippen LogP contribution in [0.3, 0.4) is 0 Å². The molecule has 3 aromatic heterocycles. The van der Waals surface area contributed by atoms with E-state index in [9.17, 15) is 0 Å². The minimum Gasteiger partial charge on any atom is -0.369 e. The van der Waals surface area contributed by atoms with E-state index in [-0.39, 0.29) is 0 Å². The molecule has 4 heterocycles. The molecule has 0 unspecified atom stereocenters. The van der Waals surface area contributed by atoms with Crippen molar-refractivity contribution in [3.63, 3.8) is 0 Å². The highest BCUT2D eigenvalue weighted by atomic mass is 15.2. The largest absolute Gasteiger partial charge is 0.369 e. The topological polar surface area (TPSA) is 77.9 Å². The van der Waals surface area contributed by atoms with Crippen LogP contribution in [0.2, 0.25) is 0 Å². The van der Waals surface area contributed by atoms with E-state index in [0.717, 1.165) is 59.8 Å². The lowest BCUT2D eigenvalue weighted by Gasteiger charge is -2.34. The number of anilines is 3. The standard InChI is InChI=1S/C24H24N8/c1-30-12-14-31(15-13-30)18-8-6-17(7-9-18)27-24-28-22-19(10-11-25-22)23(29-24)32-16-26-20-4-2-3-5-21(20)32/h2-11,16H,12-15H2,1H3,(H2,25,27,28,29). The number of imidazole rings is 1. The number of piperazine rings is 1. The number of aromatic amines is 1. The molecule has 0 bridgehead atoms. The molecule has 1 saturated heterocycles. The predicted octanol–water partition coefficient (Wildman–Crippen LogP) is 3.79. The fourth-order valence-electron chi connectivity index (χ4n) is 4.24. The highest BCUT2D eigenvalue weighted by Gasteiger charge is 2.15. The highest BCUT2D eigenvalue weighted by Crippen LogP contribution is 2.26. The molecular formula is C24H24N8. The van der Waals surface area contributed by atoms with Crippen LogP contribution in [0.25, 0.3) is 27.9 Å². The molecule has 5 aromatic rings. The van der Waals surface area contributed by atoms with E-state index >= 15 is 0 Å². The smallest absolute Gasteiger partial charge is 0.231 e. The first-order valence-corrected chi connectivity index (χ1v) is 10.8. The zero-order valence-corrected chi connectivity index (χ0v) is 17.9. The number of H-pyrrole nitrogens is 1. The van der Waals surface area contributed by atoms with Crippen molar-refractivity contribution in [1.29, 1.82) is 0 Å². The molecule has 6 rings (SSSR count). The number of aromatic nitrogens is 5. The fourth-order valence-corrected chi connectivity index (χ4v) is 4.24. The van der Waals surface area contributed by atoms with Gasteiger partial charge in [-0.1, -0.05) is 12.1 Å². The Morgan fingerprint density at radius 3 is 2.56 bits per heavy atom. The molecule has 32 heavy (non-hydrogen) atoms. The maximum absolute atomic E-state index is 4.85. The molecule has 160 valence electrons. The number of benzene rings is 2. The second-order valence-corrected chi connectivity index (χ2v) is 8.18. The summed E-state index contributed by atoms with van der Waals surface area (Å²) in [4.78, 5) is 22.0. The van der Waals surface area contributed by atoms with Crippen LogP contribution in [0.1, 0.15) is 0 Å². The number of nitrogens with one attached hydrogen (secondary N) is 2. The molecular weight excluding hydrogens is 400 g/mol. The van der Waals surface area contributed by atoms with Gasteiger partial charge in [-0.05, 0) is 49.5 Å². The van der Waals surface area contributed by atoms with Crippen LogP contribution >= 0.6 is 0 Å². The van der Waals surface area contributed by atoms with Crippen molar-refractivity contribution in [2.24, 2.45) is 0 Å². The van der Waals surface area contributed by atoms with E-state index in [1.807, 2.05) is 47.4 Å². The second kappa shape index (κ2) is 7.65. The minimum absolute atomic E-state index is 0.542. The van der Waals surface area contributed by atoms with Crippen molar-refractivity contribution in [3.8, 4) is 5.82 Å². The van der Waals surface area contributed by atoms with Crippen molar-refractivity contribution in [2.75, 3.05) is 43.4 Å². The van der Waals surface area contributed by atoms with Crippen LogP contribution in [0.4, 0.5) is 17.3 Å². The van der Waals surface area contributed by atoms with Gasteiger partial charge in [-0.25, -0.2) is 4.98 Å². The summed E-state index contributed by atoms with van der Waals surface area (Å²) in [7, 11) is 2.17. The van der Waals surface area contributed by atoms with Gasteiger partial charge in [0.2, 0.25) is 5.95 Å². The third-order valence-electron chi connectivity index (χ3n) is 6.07. The molecule has 1 fully saturated rings. The first-order valence-electron chi connectivity index (χ1n) is 10.8. The lowest BCUT2D eigenvalue weighted by atomic mass is 10.2. The zero-order chi connectivity index (χ0) is 21.5. The van der Waals surface area contributed by atoms with E-state index < -0.39 is 0 Å². The average molecular weight is 425 g/mol. The summed E-state index contributed by atoms with van der Waals surface area (Å²) in [6.07, 6.45) is 3.70. The van der Waals surface area contributed by atoms with Gasteiger partial charge in [0.15, 0.2) is 5.82 Å². The number of hydrogen-bond acceptors (Lipinski definition) is 6. The molecule has 8 nitrogen and oxygen atoms in total. The van der Waals surface area contributed by atoms with Gasteiger partial charge in [0.1, 0.15) is 12.0 Å². The maximum atomic E-state index is 4.85. The summed E-state index contributed by atoms with van der Waals surface area (Å²) in [5, 5.41) is 4.32. The van der Waals surface area contributed by atoms with Crippen molar-refractivity contribution in [3.05, 3.63) is 67.1 Å². The van der Waals surface area contributed by atoms with Crippen LogP contribution in [0.15, 0.2) is 67.1 Å². The molecule has 1 aliphatic heterocycles. The van der Waals surface area contributed by atoms with Crippen LogP contribution in [-0.2, 0) is 0 Å². The summed E-state index contributed by atoms with van der Waals surface area (Å²) in [6.45, 7) is 4.29. The molecule has 0 saturated carbocycles. The van der Waals surface area contributed by atoms with E-state index in [0.29, 0.717) is 5.95 Å². The van der Waals surface area contributed by atoms with E-state index in [2.05, 4.69) is 61.4 Å². The Hall–Kier alpha value is -3.91. The monoisotopic (exact) mass is 424 g/mol. The summed E-state index contributed by atoms with van der Waals surface area (Å²) >= 11 is 0. The Kier molecular flexibility index (Phi) is 4.50. The molecule has 2 N–H and O–H groups in total. The van der Waals surface area contributed by atoms with E-state index in [1.54, 1.807) is 0 Å². The van der Waals surface area contributed by atoms with Crippen molar-refractivity contribution >= 4 is 39.4 Å². The van der Waals surface area contributed by atoms with Crippen molar-refractivity contribution < 1.29 is 0 Å². The van der Waals surface area contributed by atoms with E-state index in [4.69, 9.17) is 4.98 Å². The average Bonchev–Trinajstić information content (AvgIpc) is 3.47. The van der Waals surface area contributed by atoms with Gasteiger partial charge < -0.3 is 20.1 Å². The molecule has 2 aromatic carbocycles. The van der Waals surface area contributed by atoms with Gasteiger partial charge in [0.25, 0.3) is 0 Å². The second-order valence-electron chi connectivity index (χ2n) is 8.18. The van der Waals surface area contributed by atoms with Gasteiger partial charge in [0, 0.05) is 43.8 Å². The van der Waals surface area contributed by atoms with Crippen LogP contribution in [-0.4, -0.2) is 62.6 Å². The first-order chi connectivity index (χ1) is 15.7. The Labute approximate surface area is 185 Å². The van der Waals surface area contributed by atoms with Gasteiger partial charge in [0.05, 0.1) is 16.4 Å². The number of hydrogen-bond donors (Lipinski definition) is 2. The molecule has 8 heteroatoms. The SMILES string of the molecule is CN1CCN(c2ccc(Nc3nc(-n4cnc5ccccc54)c4cc[nH]c4n3)cc2)CC1. The lowest BCUT2D eigenvalue weighted by molar-refractivity contribution is 0.313. The Balaban J connectivity index is 1.32. The van der Waals surface area contributed by atoms with Crippen LogP contribution < -0.4 is 10.2 Å². The first kappa shape index (κ1) is 18.8. The number of likely N-dealkylation sites (N-methyl/N-ethyl adjacent to an activating group) is 1. The molecule has 0 atom stereocenters. The maximum Gasteiger partial charge on any atom is 0.231 e. The van der Waals surface area contributed by atoms with Crippen LogP contribution in [0, 0.1) is 0 Å². The molecule has 0 amide bonds. The number of nitrogens with zero attached hydrogens (tertiary/aromatic N) is 6. The molecule has 0 spiro atoms. The normalized spacial score (nSPS) is 15.0. The van der Waals surface area contributed by atoms with Gasteiger partial charge in [-0.2, -0.15) is 9.97 Å².